The Balaban J connectivity index is 1.58. The van der Waals surface area contributed by atoms with Gasteiger partial charge in [-0.15, -0.1) is 0 Å². The van der Waals surface area contributed by atoms with Crippen molar-refractivity contribution in [2.75, 3.05) is 36.5 Å². The average molecular weight is 434 g/mol. The second kappa shape index (κ2) is 10.1. The molecule has 156 valence electrons. The van der Waals surface area contributed by atoms with Gasteiger partial charge in [-0.1, -0.05) is 36.4 Å². The third kappa shape index (κ3) is 5.74. The summed E-state index contributed by atoms with van der Waals surface area (Å²) in [6.07, 6.45) is 3.38. The van der Waals surface area contributed by atoms with E-state index in [1.807, 2.05) is 18.4 Å². The van der Waals surface area contributed by atoms with Gasteiger partial charge in [0.2, 0.25) is 15.9 Å². The second-order valence-corrected chi connectivity index (χ2v) is 9.62. The van der Waals surface area contributed by atoms with E-state index in [0.29, 0.717) is 25.3 Å². The number of anilines is 1. The summed E-state index contributed by atoms with van der Waals surface area (Å²) in [4.78, 5) is 15.1. The highest BCUT2D eigenvalue weighted by Crippen LogP contribution is 2.26. The summed E-state index contributed by atoms with van der Waals surface area (Å²) < 4.78 is 27.8. The number of amides is 1. The fraction of sp³-hybridized carbons (Fsp3) is 0.381. The molecule has 0 aromatic heterocycles. The van der Waals surface area contributed by atoms with E-state index in [1.165, 1.54) is 23.4 Å². The molecule has 2 aromatic carbocycles. The topological polar surface area (TPSA) is 78.5 Å². The second-order valence-electron chi connectivity index (χ2n) is 6.93. The van der Waals surface area contributed by atoms with Gasteiger partial charge in [0.15, 0.2) is 0 Å². The first kappa shape index (κ1) is 21.7. The van der Waals surface area contributed by atoms with Crippen molar-refractivity contribution in [3.05, 3.63) is 60.2 Å². The summed E-state index contributed by atoms with van der Waals surface area (Å²) in [5.74, 6) is 0.403. The molecule has 0 saturated carbocycles. The lowest BCUT2D eigenvalue weighted by atomic mass is 10.2. The van der Waals surface area contributed by atoms with Crippen LogP contribution in [0.4, 0.5) is 5.69 Å². The van der Waals surface area contributed by atoms with E-state index in [1.54, 1.807) is 30.0 Å². The van der Waals surface area contributed by atoms with Gasteiger partial charge >= 0.3 is 0 Å². The van der Waals surface area contributed by atoms with Crippen LogP contribution >= 0.6 is 11.8 Å². The van der Waals surface area contributed by atoms with Gasteiger partial charge in [0, 0.05) is 25.3 Å². The average Bonchev–Trinajstić information content (AvgIpc) is 3.15. The molecule has 0 spiro atoms. The van der Waals surface area contributed by atoms with Crippen molar-refractivity contribution in [3.63, 3.8) is 0 Å². The molecule has 6 nitrogen and oxygen atoms in total. The molecule has 0 aliphatic carbocycles. The summed E-state index contributed by atoms with van der Waals surface area (Å²) in [5, 5.41) is 2.91. The van der Waals surface area contributed by atoms with Crippen LogP contribution in [-0.4, -0.2) is 52.0 Å². The Bertz CT molecular complexity index is 920. The number of sulfonamides is 1. The highest BCUT2D eigenvalue weighted by atomic mass is 32.2. The van der Waals surface area contributed by atoms with E-state index >= 15 is 0 Å². The number of carbonyl (C=O) groups is 1. The van der Waals surface area contributed by atoms with Crippen molar-refractivity contribution in [2.45, 2.75) is 23.8 Å². The van der Waals surface area contributed by atoms with Crippen molar-refractivity contribution in [2.24, 2.45) is 0 Å². The smallest absolute Gasteiger partial charge is 0.241 e. The zero-order valence-corrected chi connectivity index (χ0v) is 18.1. The summed E-state index contributed by atoms with van der Waals surface area (Å²) >= 11 is 1.58. The third-order valence-corrected chi connectivity index (χ3v) is 7.07. The summed E-state index contributed by atoms with van der Waals surface area (Å²) in [6, 6.07) is 15.6. The van der Waals surface area contributed by atoms with Crippen LogP contribution in [0.5, 0.6) is 0 Å². The van der Waals surface area contributed by atoms with Gasteiger partial charge in [0.1, 0.15) is 6.04 Å². The Morgan fingerprint density at radius 1 is 1.14 bits per heavy atom. The van der Waals surface area contributed by atoms with Crippen LogP contribution < -0.4 is 14.9 Å². The van der Waals surface area contributed by atoms with Gasteiger partial charge in [-0.2, -0.15) is 16.5 Å². The maximum absolute atomic E-state index is 12.7. The van der Waals surface area contributed by atoms with Crippen molar-refractivity contribution >= 4 is 33.4 Å². The Morgan fingerprint density at radius 3 is 2.62 bits per heavy atom. The minimum atomic E-state index is -3.75. The number of benzene rings is 2. The number of thioether (sulfide) groups is 1. The predicted octanol–water partition coefficient (Wildman–Crippen LogP) is 2.27. The number of fused-ring (bicyclic) bond motifs is 1. The quantitative estimate of drug-likeness (QED) is 0.601. The van der Waals surface area contributed by atoms with Gasteiger partial charge in [0.05, 0.1) is 4.90 Å². The summed E-state index contributed by atoms with van der Waals surface area (Å²) in [6.45, 7) is 2.10. The van der Waals surface area contributed by atoms with E-state index in [4.69, 9.17) is 0 Å². The molecule has 2 N–H and O–H groups in total. The zero-order valence-electron chi connectivity index (χ0n) is 16.5. The van der Waals surface area contributed by atoms with Crippen molar-refractivity contribution in [1.29, 1.82) is 0 Å². The van der Waals surface area contributed by atoms with Crippen molar-refractivity contribution < 1.29 is 13.2 Å². The third-order valence-electron chi connectivity index (χ3n) is 4.94. The lowest BCUT2D eigenvalue weighted by molar-refractivity contribution is -0.122. The highest BCUT2D eigenvalue weighted by molar-refractivity contribution is 7.98. The van der Waals surface area contributed by atoms with E-state index in [2.05, 4.69) is 27.1 Å². The Morgan fingerprint density at radius 2 is 1.86 bits per heavy atom. The normalized spacial score (nSPS) is 14.4. The summed E-state index contributed by atoms with van der Waals surface area (Å²) in [7, 11) is -3.75. The van der Waals surface area contributed by atoms with Gasteiger partial charge < -0.3 is 10.2 Å². The van der Waals surface area contributed by atoms with Gasteiger partial charge in [-0.05, 0) is 48.6 Å². The Labute approximate surface area is 177 Å². The molecule has 1 atom stereocenters. The van der Waals surface area contributed by atoms with E-state index in [-0.39, 0.29) is 10.8 Å². The predicted molar refractivity (Wildman–Crippen MR) is 119 cm³/mol. The van der Waals surface area contributed by atoms with Crippen molar-refractivity contribution in [1.82, 2.24) is 10.0 Å². The van der Waals surface area contributed by atoms with Gasteiger partial charge in [0.25, 0.3) is 0 Å². The maximum atomic E-state index is 12.7. The number of para-hydroxylation sites is 1. The molecule has 29 heavy (non-hydrogen) atoms. The lowest BCUT2D eigenvalue weighted by Gasteiger charge is -2.22. The van der Waals surface area contributed by atoms with E-state index in [9.17, 15) is 13.2 Å². The SMILES string of the molecule is CSCCC(NS(=O)(=O)c1ccccc1)C(=O)NCCN1CCc2ccccc21. The first-order valence-corrected chi connectivity index (χ1v) is 12.6. The van der Waals surface area contributed by atoms with Gasteiger partial charge in [-0.25, -0.2) is 8.42 Å². The molecule has 0 fully saturated rings. The fourth-order valence-electron chi connectivity index (χ4n) is 3.41. The zero-order chi connectivity index (χ0) is 20.7. The highest BCUT2D eigenvalue weighted by Gasteiger charge is 2.25. The molecule has 1 heterocycles. The molecule has 0 radical (unpaired) electrons. The van der Waals surface area contributed by atoms with Crippen LogP contribution in [-0.2, 0) is 21.2 Å². The van der Waals surface area contributed by atoms with Crippen LogP contribution in [0, 0.1) is 0 Å². The standard InChI is InChI=1S/C21H27N3O3S2/c1-28-16-12-19(23-29(26,27)18-8-3-2-4-9-18)21(25)22-13-15-24-14-11-17-7-5-6-10-20(17)24/h2-10,19,23H,11-16H2,1H3,(H,22,25). The minimum Gasteiger partial charge on any atom is -0.369 e. The number of carbonyl (C=O) groups excluding carboxylic acids is 1. The molecular weight excluding hydrogens is 406 g/mol. The molecule has 2 aromatic rings. The number of nitrogens with zero attached hydrogens (tertiary/aromatic N) is 1. The Kier molecular flexibility index (Phi) is 7.57. The molecular formula is C21H27N3O3S2. The number of nitrogens with one attached hydrogen (secondary N) is 2. The lowest BCUT2D eigenvalue weighted by Crippen LogP contribution is -2.48. The van der Waals surface area contributed by atoms with E-state index in [0.717, 1.165) is 13.0 Å². The number of hydrogen-bond acceptors (Lipinski definition) is 5. The van der Waals surface area contributed by atoms with E-state index < -0.39 is 16.1 Å². The molecule has 8 heteroatoms. The van der Waals surface area contributed by atoms with Crippen molar-refractivity contribution in [3.8, 4) is 0 Å². The summed E-state index contributed by atoms with van der Waals surface area (Å²) in [5.41, 5.74) is 2.54. The monoisotopic (exact) mass is 433 g/mol. The molecule has 1 unspecified atom stereocenters. The molecule has 0 saturated heterocycles. The fourth-order valence-corrected chi connectivity index (χ4v) is 5.13. The molecule has 0 bridgehead atoms. The largest absolute Gasteiger partial charge is 0.369 e. The Hall–Kier alpha value is -2.03. The maximum Gasteiger partial charge on any atom is 0.241 e. The first-order valence-electron chi connectivity index (χ1n) is 9.68. The van der Waals surface area contributed by atoms with Crippen LogP contribution in [0.25, 0.3) is 0 Å². The van der Waals surface area contributed by atoms with Crippen LogP contribution in [0.3, 0.4) is 0 Å². The number of hydrogen-bond donors (Lipinski definition) is 2. The molecule has 1 aliphatic rings. The first-order chi connectivity index (χ1) is 14.0. The van der Waals surface area contributed by atoms with Gasteiger partial charge in [-0.3, -0.25) is 4.79 Å². The molecule has 3 rings (SSSR count). The number of rotatable bonds is 10. The van der Waals surface area contributed by atoms with Crippen LogP contribution in [0.2, 0.25) is 0 Å². The molecule has 1 amide bonds. The minimum absolute atomic E-state index is 0.163. The molecule has 1 aliphatic heterocycles. The van der Waals surface area contributed by atoms with Crippen LogP contribution in [0.1, 0.15) is 12.0 Å². The van der Waals surface area contributed by atoms with Crippen LogP contribution in [0.15, 0.2) is 59.5 Å².